The lowest BCUT2D eigenvalue weighted by Crippen LogP contribution is -2.20. The van der Waals surface area contributed by atoms with Crippen LogP contribution in [0.3, 0.4) is 0 Å². The number of aromatic amines is 1. The van der Waals surface area contributed by atoms with E-state index in [0.29, 0.717) is 42.5 Å². The van der Waals surface area contributed by atoms with Gasteiger partial charge in [-0.25, -0.2) is 8.78 Å². The average Bonchev–Trinajstić information content (AvgIpc) is 3.60. The molecular weight excluding hydrogens is 608 g/mol. The smallest absolute Gasteiger partial charge is 0.342 e. The molecule has 0 saturated carbocycles. The number of likely N-dealkylation sites (tertiary alicyclic amines) is 1. The third kappa shape index (κ3) is 16.4. The molecule has 0 spiro atoms. The summed E-state index contributed by atoms with van der Waals surface area (Å²) in [6.45, 7) is 4.45. The number of alkyl halides is 2. The van der Waals surface area contributed by atoms with Crippen molar-refractivity contribution in [1.82, 2.24) is 30.5 Å². The van der Waals surface area contributed by atoms with Crippen LogP contribution in [0.5, 0.6) is 0 Å². The minimum Gasteiger partial charge on any atom is -0.357 e. The number of aldehydes is 1. The number of H-pyrrole nitrogens is 1. The Morgan fingerprint density at radius 1 is 1.17 bits per heavy atom. The highest BCUT2D eigenvalue weighted by molar-refractivity contribution is 5.79. The third-order valence-corrected chi connectivity index (χ3v) is 6.46. The SMILES string of the molecule is C=C/C=C(F)\C=C(\F)Cc1cnc(CNC=O)c(CC=O)c1.CC1CCCN1C.O=CNCc1cc2cnccc2[nH]1.OC(F)F. The first-order chi connectivity index (χ1) is 22.0. The first kappa shape index (κ1) is 39.3. The number of nitrogens with zero attached hydrogens (tertiary/aromatic N) is 3. The Bertz CT molecular complexity index is 1390. The summed E-state index contributed by atoms with van der Waals surface area (Å²) in [7, 11) is 2.19. The van der Waals surface area contributed by atoms with Crippen LogP contribution in [0.1, 0.15) is 42.3 Å². The molecule has 4 heterocycles. The predicted octanol–water partition coefficient (Wildman–Crippen LogP) is 4.62. The number of hydrogen-bond donors (Lipinski definition) is 4. The summed E-state index contributed by atoms with van der Waals surface area (Å²) in [5, 5.41) is 12.8. The van der Waals surface area contributed by atoms with E-state index in [0.717, 1.165) is 34.8 Å². The number of allylic oxidation sites excluding steroid dienone is 5. The van der Waals surface area contributed by atoms with Crippen molar-refractivity contribution in [1.29, 1.82) is 0 Å². The summed E-state index contributed by atoms with van der Waals surface area (Å²) in [4.78, 5) is 44.7. The molecule has 0 bridgehead atoms. The van der Waals surface area contributed by atoms with Gasteiger partial charge in [0.1, 0.15) is 17.9 Å². The molecule has 4 N–H and O–H groups in total. The molecule has 1 saturated heterocycles. The van der Waals surface area contributed by atoms with E-state index in [-0.39, 0.29) is 19.4 Å². The van der Waals surface area contributed by atoms with Gasteiger partial charge in [-0.2, -0.15) is 8.78 Å². The molecule has 1 unspecified atom stereocenters. The monoisotopic (exact) mass is 648 g/mol. The zero-order valence-electron chi connectivity index (χ0n) is 25.8. The van der Waals surface area contributed by atoms with Gasteiger partial charge in [-0.15, -0.1) is 0 Å². The first-order valence-corrected chi connectivity index (χ1v) is 14.2. The van der Waals surface area contributed by atoms with Crippen LogP contribution in [0, 0.1) is 0 Å². The number of hydrogen-bond acceptors (Lipinski definition) is 7. The normalized spacial score (nSPS) is 14.6. The minimum absolute atomic E-state index is 0.104. The van der Waals surface area contributed by atoms with Crippen molar-refractivity contribution in [3.8, 4) is 0 Å². The number of aliphatic hydroxyl groups is 1. The van der Waals surface area contributed by atoms with Crippen molar-refractivity contribution in [2.75, 3.05) is 13.6 Å². The topological polar surface area (TPSA) is 140 Å². The molecule has 1 aliphatic heterocycles. The molecule has 3 aromatic rings. The van der Waals surface area contributed by atoms with Crippen molar-refractivity contribution >= 4 is 30.0 Å². The number of rotatable bonds is 12. The van der Waals surface area contributed by atoms with Gasteiger partial charge in [-0.1, -0.05) is 18.7 Å². The maximum atomic E-state index is 13.7. The highest BCUT2D eigenvalue weighted by Crippen LogP contribution is 2.16. The van der Waals surface area contributed by atoms with E-state index < -0.39 is 18.3 Å². The number of fused-ring (bicyclic) bond motifs is 1. The van der Waals surface area contributed by atoms with Crippen LogP contribution in [0.2, 0.25) is 0 Å². The van der Waals surface area contributed by atoms with Gasteiger partial charge in [0.15, 0.2) is 0 Å². The van der Waals surface area contributed by atoms with E-state index in [9.17, 15) is 31.9 Å². The van der Waals surface area contributed by atoms with Crippen molar-refractivity contribution in [2.45, 2.75) is 58.3 Å². The molecule has 1 aliphatic rings. The van der Waals surface area contributed by atoms with Crippen LogP contribution in [-0.2, 0) is 40.3 Å². The van der Waals surface area contributed by atoms with Gasteiger partial charge in [0.25, 0.3) is 0 Å². The fraction of sp³-hybridized carbons (Fsp3) is 0.344. The van der Waals surface area contributed by atoms with E-state index in [1.54, 1.807) is 18.5 Å². The van der Waals surface area contributed by atoms with E-state index in [4.69, 9.17) is 5.11 Å². The Morgan fingerprint density at radius 2 is 1.87 bits per heavy atom. The molecule has 2 amide bonds. The average molecular weight is 649 g/mol. The Balaban J connectivity index is 0.000000366. The summed E-state index contributed by atoms with van der Waals surface area (Å²) in [6, 6.07) is 6.34. The number of carbonyl (C=O) groups is 3. The second-order valence-corrected chi connectivity index (χ2v) is 9.88. The van der Waals surface area contributed by atoms with Crippen LogP contribution in [-0.4, -0.2) is 70.3 Å². The molecule has 0 aliphatic carbocycles. The second-order valence-electron chi connectivity index (χ2n) is 9.88. The summed E-state index contributed by atoms with van der Waals surface area (Å²) >= 11 is 0. The van der Waals surface area contributed by atoms with Gasteiger partial charge >= 0.3 is 6.61 Å². The molecule has 0 radical (unpaired) electrons. The number of aliphatic hydroxyl groups excluding tert-OH is 1. The second kappa shape index (κ2) is 22.8. The number of halogens is 4. The largest absolute Gasteiger partial charge is 0.357 e. The highest BCUT2D eigenvalue weighted by atomic mass is 19.3. The quantitative estimate of drug-likeness (QED) is 0.128. The number of aromatic nitrogens is 3. The van der Waals surface area contributed by atoms with Gasteiger partial charge in [-0.3, -0.25) is 19.6 Å². The standard InChI is InChI=1S/C16H16F2N2O2.C9H9N3O.C6H13N.CH2F2O/c1-2-3-14(17)8-15(18)7-12-6-13(4-5-21)16(20-9-12)10-19-11-22;13-6-11-5-8-3-7-4-10-2-1-9(7)12-8;1-6-4-3-5-7(6)2;2-1(3)4/h2-3,5-6,8-9,11H,1,4,7,10H2,(H,19,22);1-4,6,12H,5H2,(H,11,13);6H,3-5H2,1-2H3;1,4H/b14-3+,15-8+;;;. The van der Waals surface area contributed by atoms with Gasteiger partial charge in [0.05, 0.1) is 18.8 Å². The molecule has 14 heteroatoms. The minimum atomic E-state index is -3.17. The van der Waals surface area contributed by atoms with Crippen LogP contribution < -0.4 is 10.6 Å². The van der Waals surface area contributed by atoms with Crippen LogP contribution >= 0.6 is 0 Å². The van der Waals surface area contributed by atoms with E-state index in [1.807, 2.05) is 12.1 Å². The molecule has 10 nitrogen and oxygen atoms in total. The van der Waals surface area contributed by atoms with Crippen molar-refractivity contribution in [3.05, 3.63) is 95.8 Å². The van der Waals surface area contributed by atoms with Gasteiger partial charge in [0.2, 0.25) is 12.8 Å². The number of nitrogens with one attached hydrogen (secondary N) is 3. The molecular formula is C32H40F4N6O4. The lowest BCUT2D eigenvalue weighted by molar-refractivity contribution is -0.110. The predicted molar refractivity (Wildman–Crippen MR) is 168 cm³/mol. The van der Waals surface area contributed by atoms with E-state index >= 15 is 0 Å². The van der Waals surface area contributed by atoms with E-state index in [2.05, 4.69) is 51.0 Å². The van der Waals surface area contributed by atoms with Gasteiger partial charge < -0.3 is 30.4 Å². The number of amides is 2. The fourth-order valence-corrected chi connectivity index (χ4v) is 4.16. The van der Waals surface area contributed by atoms with Crippen molar-refractivity contribution in [2.24, 2.45) is 0 Å². The molecule has 1 atom stereocenters. The van der Waals surface area contributed by atoms with Crippen molar-refractivity contribution < 1.29 is 37.1 Å². The highest BCUT2D eigenvalue weighted by Gasteiger charge is 2.14. The Hall–Kier alpha value is -4.69. The fourth-order valence-electron chi connectivity index (χ4n) is 4.16. The first-order valence-electron chi connectivity index (χ1n) is 14.2. The number of carbonyl (C=O) groups excluding carboxylic acids is 3. The maximum absolute atomic E-state index is 13.7. The summed E-state index contributed by atoms with van der Waals surface area (Å²) in [5.74, 6) is -1.41. The van der Waals surface area contributed by atoms with E-state index in [1.165, 1.54) is 31.7 Å². The Labute approximate surface area is 265 Å². The van der Waals surface area contributed by atoms with Gasteiger partial charge in [-0.05, 0) is 62.7 Å². The van der Waals surface area contributed by atoms with Crippen LogP contribution in [0.25, 0.3) is 10.9 Å². The molecule has 46 heavy (non-hydrogen) atoms. The zero-order valence-corrected chi connectivity index (χ0v) is 25.8. The van der Waals surface area contributed by atoms with Crippen LogP contribution in [0.15, 0.2) is 73.3 Å². The molecule has 4 rings (SSSR count). The summed E-state index contributed by atoms with van der Waals surface area (Å²) < 4.78 is 46.6. The molecule has 0 aromatic carbocycles. The molecule has 250 valence electrons. The Morgan fingerprint density at radius 3 is 2.41 bits per heavy atom. The Kier molecular flexibility index (Phi) is 19.5. The van der Waals surface area contributed by atoms with Gasteiger partial charge in [0, 0.05) is 60.1 Å². The third-order valence-electron chi connectivity index (χ3n) is 6.46. The lowest BCUT2D eigenvalue weighted by Gasteiger charge is -2.12. The van der Waals surface area contributed by atoms with Crippen LogP contribution in [0.4, 0.5) is 17.6 Å². The van der Waals surface area contributed by atoms with Crippen molar-refractivity contribution in [3.63, 3.8) is 0 Å². The molecule has 3 aromatic heterocycles. The zero-order chi connectivity index (χ0) is 34.3. The maximum Gasteiger partial charge on any atom is 0.342 e. The summed E-state index contributed by atoms with van der Waals surface area (Å²) in [5.41, 5.74) is 3.65. The summed E-state index contributed by atoms with van der Waals surface area (Å²) in [6.07, 6.45) is 12.7. The molecule has 1 fully saturated rings. The number of pyridine rings is 2. The lowest BCUT2D eigenvalue weighted by atomic mass is 10.1.